The number of carbonyl (C=O) groups excluding carboxylic acids is 2. The van der Waals surface area contributed by atoms with Crippen LogP contribution in [0.5, 0.6) is 5.75 Å². The van der Waals surface area contributed by atoms with E-state index < -0.39 is 0 Å². The van der Waals surface area contributed by atoms with E-state index in [-0.39, 0.29) is 18.4 Å². The Morgan fingerprint density at radius 2 is 1.63 bits per heavy atom. The predicted octanol–water partition coefficient (Wildman–Crippen LogP) is 4.28. The van der Waals surface area contributed by atoms with E-state index in [1.807, 2.05) is 62.4 Å². The number of carbonyl (C=O) groups is 2. The molecule has 3 aromatic rings. The molecule has 0 bridgehead atoms. The third-order valence-electron chi connectivity index (χ3n) is 4.86. The molecule has 30 heavy (non-hydrogen) atoms. The summed E-state index contributed by atoms with van der Waals surface area (Å²) in [6, 6.07) is 22.6. The van der Waals surface area contributed by atoms with Gasteiger partial charge in [-0.25, -0.2) is 0 Å². The number of hydrogen-bond donors (Lipinski definition) is 1. The van der Waals surface area contributed by atoms with Gasteiger partial charge in [-0.05, 0) is 43.2 Å². The minimum atomic E-state index is -0.238. The Balaban J connectivity index is 1.67. The van der Waals surface area contributed by atoms with E-state index >= 15 is 0 Å². The molecule has 0 atom stereocenters. The molecule has 0 aliphatic rings. The number of amides is 2. The Bertz CT molecular complexity index is 1030. The highest BCUT2D eigenvalue weighted by molar-refractivity contribution is 6.04. The zero-order chi connectivity index (χ0) is 21.5. The van der Waals surface area contributed by atoms with E-state index in [2.05, 4.69) is 5.32 Å². The molecule has 0 radical (unpaired) electrons. The van der Waals surface area contributed by atoms with Crippen LogP contribution in [0, 0.1) is 13.8 Å². The van der Waals surface area contributed by atoms with Gasteiger partial charge in [0.25, 0.3) is 11.8 Å². The Kier molecular flexibility index (Phi) is 6.86. The predicted molar refractivity (Wildman–Crippen MR) is 119 cm³/mol. The lowest BCUT2D eigenvalue weighted by atomic mass is 10.1. The molecule has 0 spiro atoms. The zero-order valence-electron chi connectivity index (χ0n) is 17.5. The minimum absolute atomic E-state index is 0.111. The van der Waals surface area contributed by atoms with Crippen LogP contribution >= 0.6 is 0 Å². The molecule has 0 aromatic heterocycles. The summed E-state index contributed by atoms with van der Waals surface area (Å²) < 4.78 is 5.71. The summed E-state index contributed by atoms with van der Waals surface area (Å²) in [6.07, 6.45) is 0. The first-order chi connectivity index (χ1) is 14.5. The van der Waals surface area contributed by atoms with E-state index in [0.717, 1.165) is 16.7 Å². The molecule has 0 aliphatic carbocycles. The van der Waals surface area contributed by atoms with Gasteiger partial charge in [-0.1, -0.05) is 60.2 Å². The number of nitrogens with zero attached hydrogens (tertiary/aromatic N) is 1. The van der Waals surface area contributed by atoms with E-state index in [1.165, 1.54) is 4.90 Å². The third kappa shape index (κ3) is 5.26. The first kappa shape index (κ1) is 21.1. The summed E-state index contributed by atoms with van der Waals surface area (Å²) in [5.74, 6) is 0.207. The highest BCUT2D eigenvalue weighted by Crippen LogP contribution is 2.21. The molecule has 5 nitrogen and oxygen atoms in total. The van der Waals surface area contributed by atoms with Crippen molar-refractivity contribution >= 4 is 17.5 Å². The SMILES string of the molecule is Cc1ccc(OCC(=O)N(C)c2ccccc2C(=O)NCc2ccccc2)c(C)c1. The van der Waals surface area contributed by atoms with Crippen molar-refractivity contribution < 1.29 is 14.3 Å². The lowest BCUT2D eigenvalue weighted by Gasteiger charge is -2.21. The second kappa shape index (κ2) is 9.74. The first-order valence-corrected chi connectivity index (χ1v) is 9.83. The maximum Gasteiger partial charge on any atom is 0.264 e. The number of anilines is 1. The summed E-state index contributed by atoms with van der Waals surface area (Å²) >= 11 is 0. The number of hydrogen-bond acceptors (Lipinski definition) is 3. The van der Waals surface area contributed by atoms with E-state index in [1.54, 1.807) is 31.3 Å². The Hall–Kier alpha value is -3.60. The maximum absolute atomic E-state index is 12.7. The molecule has 5 heteroatoms. The quantitative estimate of drug-likeness (QED) is 0.642. The fourth-order valence-corrected chi connectivity index (χ4v) is 3.16. The smallest absolute Gasteiger partial charge is 0.264 e. The largest absolute Gasteiger partial charge is 0.483 e. The van der Waals surface area contributed by atoms with Crippen LogP contribution in [0.25, 0.3) is 0 Å². The van der Waals surface area contributed by atoms with Crippen LogP contribution in [0.1, 0.15) is 27.0 Å². The van der Waals surface area contributed by atoms with E-state index in [9.17, 15) is 9.59 Å². The van der Waals surface area contributed by atoms with Crippen LogP contribution in [0.15, 0.2) is 72.8 Å². The minimum Gasteiger partial charge on any atom is -0.483 e. The van der Waals surface area contributed by atoms with Gasteiger partial charge in [-0.2, -0.15) is 0 Å². The van der Waals surface area contributed by atoms with Gasteiger partial charge in [0, 0.05) is 13.6 Å². The number of rotatable bonds is 7. The molecule has 0 unspecified atom stereocenters. The number of benzene rings is 3. The van der Waals surface area contributed by atoms with Crippen LogP contribution in [0.2, 0.25) is 0 Å². The van der Waals surface area contributed by atoms with Crippen molar-refractivity contribution in [2.45, 2.75) is 20.4 Å². The lowest BCUT2D eigenvalue weighted by Crippen LogP contribution is -2.33. The summed E-state index contributed by atoms with van der Waals surface area (Å²) in [6.45, 7) is 4.26. The molecule has 2 amide bonds. The van der Waals surface area contributed by atoms with Crippen LogP contribution in [0.3, 0.4) is 0 Å². The second-order valence-corrected chi connectivity index (χ2v) is 7.20. The molecule has 0 saturated carbocycles. The molecular formula is C25H26N2O3. The third-order valence-corrected chi connectivity index (χ3v) is 4.86. The molecular weight excluding hydrogens is 376 g/mol. The number of likely N-dealkylation sites (N-methyl/N-ethyl adjacent to an activating group) is 1. The molecule has 0 saturated heterocycles. The zero-order valence-corrected chi connectivity index (χ0v) is 17.5. The number of ether oxygens (including phenoxy) is 1. The Morgan fingerprint density at radius 3 is 2.37 bits per heavy atom. The number of aryl methyl sites for hydroxylation is 2. The van der Waals surface area contributed by atoms with Gasteiger partial charge in [0.05, 0.1) is 11.3 Å². The molecule has 0 fully saturated rings. The summed E-state index contributed by atoms with van der Waals surface area (Å²) in [5, 5.41) is 2.91. The second-order valence-electron chi connectivity index (χ2n) is 7.20. The van der Waals surface area contributed by atoms with Gasteiger partial charge in [-0.3, -0.25) is 9.59 Å². The van der Waals surface area contributed by atoms with Gasteiger partial charge in [0.1, 0.15) is 5.75 Å². The van der Waals surface area contributed by atoms with Crippen molar-refractivity contribution in [2.75, 3.05) is 18.6 Å². The van der Waals surface area contributed by atoms with Crippen molar-refractivity contribution in [1.29, 1.82) is 0 Å². The van der Waals surface area contributed by atoms with Gasteiger partial charge < -0.3 is 15.0 Å². The Morgan fingerprint density at radius 1 is 0.933 bits per heavy atom. The average Bonchev–Trinajstić information content (AvgIpc) is 2.77. The van der Waals surface area contributed by atoms with Gasteiger partial charge in [0.2, 0.25) is 0 Å². The Labute approximate surface area is 177 Å². The van der Waals surface area contributed by atoms with E-state index in [0.29, 0.717) is 23.5 Å². The van der Waals surface area contributed by atoms with Crippen molar-refractivity contribution in [3.63, 3.8) is 0 Å². The van der Waals surface area contributed by atoms with Crippen molar-refractivity contribution in [3.8, 4) is 5.75 Å². The standard InChI is InChI=1S/C25H26N2O3/c1-18-13-14-23(19(2)15-18)30-17-24(28)27(3)22-12-8-7-11-21(22)25(29)26-16-20-9-5-4-6-10-20/h4-15H,16-17H2,1-3H3,(H,26,29). The van der Waals surface area contributed by atoms with Gasteiger partial charge >= 0.3 is 0 Å². The summed E-state index contributed by atoms with van der Waals surface area (Å²) in [7, 11) is 1.65. The molecule has 1 N–H and O–H groups in total. The molecule has 0 aliphatic heterocycles. The topological polar surface area (TPSA) is 58.6 Å². The molecule has 0 heterocycles. The molecule has 3 aromatic carbocycles. The molecule has 3 rings (SSSR count). The first-order valence-electron chi connectivity index (χ1n) is 9.83. The fraction of sp³-hybridized carbons (Fsp3) is 0.200. The molecule has 154 valence electrons. The fourth-order valence-electron chi connectivity index (χ4n) is 3.16. The summed E-state index contributed by atoms with van der Waals surface area (Å²) in [4.78, 5) is 26.9. The monoisotopic (exact) mass is 402 g/mol. The highest BCUT2D eigenvalue weighted by atomic mass is 16.5. The summed E-state index contributed by atoms with van der Waals surface area (Å²) in [5.41, 5.74) is 4.10. The lowest BCUT2D eigenvalue weighted by molar-refractivity contribution is -0.120. The number of para-hydroxylation sites is 1. The van der Waals surface area contributed by atoms with Crippen molar-refractivity contribution in [1.82, 2.24) is 5.32 Å². The van der Waals surface area contributed by atoms with Gasteiger partial charge in [-0.15, -0.1) is 0 Å². The van der Waals surface area contributed by atoms with Crippen LogP contribution in [-0.2, 0) is 11.3 Å². The highest BCUT2D eigenvalue weighted by Gasteiger charge is 2.19. The maximum atomic E-state index is 12.7. The van der Waals surface area contributed by atoms with Crippen LogP contribution < -0.4 is 15.0 Å². The normalized spacial score (nSPS) is 10.4. The van der Waals surface area contributed by atoms with Crippen LogP contribution in [0.4, 0.5) is 5.69 Å². The van der Waals surface area contributed by atoms with Crippen LogP contribution in [-0.4, -0.2) is 25.5 Å². The average molecular weight is 402 g/mol. The van der Waals surface area contributed by atoms with E-state index in [4.69, 9.17) is 4.74 Å². The number of nitrogens with one attached hydrogen (secondary N) is 1. The van der Waals surface area contributed by atoms with Gasteiger partial charge in [0.15, 0.2) is 6.61 Å². The van der Waals surface area contributed by atoms with Crippen molar-refractivity contribution in [2.24, 2.45) is 0 Å². The van der Waals surface area contributed by atoms with Crippen molar-refractivity contribution in [3.05, 3.63) is 95.1 Å².